The molecule has 3 heteroatoms. The maximum atomic E-state index is 11.9. The molecule has 0 aliphatic rings. The maximum absolute atomic E-state index is 11.9. The number of carbonyl (C=O) groups excluding carboxylic acids is 1. The fourth-order valence-corrected chi connectivity index (χ4v) is 1.86. The zero-order valence-corrected chi connectivity index (χ0v) is 10.6. The summed E-state index contributed by atoms with van der Waals surface area (Å²) in [4.78, 5) is 11.9. The molecule has 0 saturated carbocycles. The molecule has 3 nitrogen and oxygen atoms in total. The second-order valence-corrected chi connectivity index (χ2v) is 4.16. The maximum Gasteiger partial charge on any atom is 0.166 e. The van der Waals surface area contributed by atoms with Gasteiger partial charge >= 0.3 is 0 Å². The molecule has 0 fully saturated rings. The molecule has 1 aromatic heterocycles. The molecule has 0 aliphatic carbocycles. The van der Waals surface area contributed by atoms with E-state index in [1.807, 2.05) is 24.3 Å². The standard InChI is InChI=1S/C15H16O3/c1-11-14(9-10-18-11)15(16)8-5-12-3-6-13(17-2)7-4-12/h3-4,6-7,9-10H,5,8H2,1-2H3. The van der Waals surface area contributed by atoms with Crippen molar-refractivity contribution < 1.29 is 13.9 Å². The number of ketones is 1. The molecule has 0 N–H and O–H groups in total. The van der Waals surface area contributed by atoms with Crippen molar-refractivity contribution in [3.05, 3.63) is 53.5 Å². The lowest BCUT2D eigenvalue weighted by molar-refractivity contribution is 0.0981. The molecule has 94 valence electrons. The third-order valence-electron chi connectivity index (χ3n) is 2.96. The summed E-state index contributed by atoms with van der Waals surface area (Å²) < 4.78 is 10.2. The topological polar surface area (TPSA) is 39.4 Å². The Morgan fingerprint density at radius 1 is 1.22 bits per heavy atom. The average molecular weight is 244 g/mol. The van der Waals surface area contributed by atoms with Crippen LogP contribution in [0.4, 0.5) is 0 Å². The highest BCUT2D eigenvalue weighted by atomic mass is 16.5. The molecular formula is C15H16O3. The van der Waals surface area contributed by atoms with Gasteiger partial charge in [-0.05, 0) is 37.1 Å². The van der Waals surface area contributed by atoms with Crippen molar-refractivity contribution in [3.63, 3.8) is 0 Å². The summed E-state index contributed by atoms with van der Waals surface area (Å²) in [6.45, 7) is 1.81. The summed E-state index contributed by atoms with van der Waals surface area (Å²) in [6, 6.07) is 9.50. The van der Waals surface area contributed by atoms with E-state index >= 15 is 0 Å². The molecule has 1 aromatic carbocycles. The molecule has 0 bridgehead atoms. The van der Waals surface area contributed by atoms with Gasteiger partial charge in [-0.25, -0.2) is 0 Å². The molecule has 0 aliphatic heterocycles. The van der Waals surface area contributed by atoms with Gasteiger partial charge in [0.2, 0.25) is 0 Å². The van der Waals surface area contributed by atoms with Gasteiger partial charge in [0.1, 0.15) is 11.5 Å². The van der Waals surface area contributed by atoms with Gasteiger partial charge < -0.3 is 9.15 Å². The second kappa shape index (κ2) is 5.54. The Bertz CT molecular complexity index is 523. The predicted octanol–water partition coefficient (Wildman–Crippen LogP) is 3.41. The number of hydrogen-bond acceptors (Lipinski definition) is 3. The molecule has 0 radical (unpaired) electrons. The molecule has 0 atom stereocenters. The Kier molecular flexibility index (Phi) is 3.82. The third kappa shape index (κ3) is 2.80. The molecule has 0 spiro atoms. The number of rotatable bonds is 5. The summed E-state index contributed by atoms with van der Waals surface area (Å²) in [7, 11) is 1.64. The number of hydrogen-bond donors (Lipinski definition) is 0. The van der Waals surface area contributed by atoms with Crippen molar-refractivity contribution in [1.29, 1.82) is 0 Å². The molecule has 2 rings (SSSR count). The van der Waals surface area contributed by atoms with E-state index < -0.39 is 0 Å². The Hall–Kier alpha value is -2.03. The van der Waals surface area contributed by atoms with Crippen molar-refractivity contribution in [3.8, 4) is 5.75 Å². The van der Waals surface area contributed by atoms with Crippen molar-refractivity contribution in [2.45, 2.75) is 19.8 Å². The van der Waals surface area contributed by atoms with Gasteiger partial charge in [-0.15, -0.1) is 0 Å². The van der Waals surface area contributed by atoms with Gasteiger partial charge in [0, 0.05) is 6.42 Å². The molecule has 0 unspecified atom stereocenters. The second-order valence-electron chi connectivity index (χ2n) is 4.16. The highest BCUT2D eigenvalue weighted by Gasteiger charge is 2.11. The summed E-state index contributed by atoms with van der Waals surface area (Å²) in [5.41, 5.74) is 1.81. The summed E-state index contributed by atoms with van der Waals surface area (Å²) in [5.74, 6) is 1.64. The van der Waals surface area contributed by atoms with Gasteiger partial charge in [-0.3, -0.25) is 4.79 Å². The minimum absolute atomic E-state index is 0.122. The van der Waals surface area contributed by atoms with E-state index in [9.17, 15) is 4.79 Å². The van der Waals surface area contributed by atoms with Crippen LogP contribution < -0.4 is 4.74 Å². The SMILES string of the molecule is COc1ccc(CCC(=O)c2ccoc2C)cc1. The first kappa shape index (κ1) is 12.4. The average Bonchev–Trinajstić information content (AvgIpc) is 2.83. The minimum atomic E-state index is 0.122. The highest BCUT2D eigenvalue weighted by molar-refractivity contribution is 5.96. The molecule has 0 amide bonds. The van der Waals surface area contributed by atoms with E-state index in [1.165, 1.54) is 0 Å². The number of benzene rings is 1. The van der Waals surface area contributed by atoms with Crippen molar-refractivity contribution in [1.82, 2.24) is 0 Å². The van der Waals surface area contributed by atoms with E-state index in [-0.39, 0.29) is 5.78 Å². The summed E-state index contributed by atoms with van der Waals surface area (Å²) in [5, 5.41) is 0. The third-order valence-corrected chi connectivity index (χ3v) is 2.96. The van der Waals surface area contributed by atoms with Crippen LogP contribution in [-0.4, -0.2) is 12.9 Å². The Morgan fingerprint density at radius 2 is 1.94 bits per heavy atom. The van der Waals surface area contributed by atoms with Crippen LogP contribution >= 0.6 is 0 Å². The van der Waals surface area contributed by atoms with E-state index in [0.717, 1.165) is 17.7 Å². The first-order valence-electron chi connectivity index (χ1n) is 5.91. The predicted molar refractivity (Wildman–Crippen MR) is 69.1 cm³/mol. The highest BCUT2D eigenvalue weighted by Crippen LogP contribution is 2.15. The van der Waals surface area contributed by atoms with E-state index in [0.29, 0.717) is 17.7 Å². The van der Waals surface area contributed by atoms with Gasteiger partial charge in [0.05, 0.1) is 18.9 Å². The van der Waals surface area contributed by atoms with Crippen LogP contribution in [0.3, 0.4) is 0 Å². The van der Waals surface area contributed by atoms with Gasteiger partial charge in [0.25, 0.3) is 0 Å². The van der Waals surface area contributed by atoms with Gasteiger partial charge in [-0.2, -0.15) is 0 Å². The van der Waals surface area contributed by atoms with E-state index in [4.69, 9.17) is 9.15 Å². The van der Waals surface area contributed by atoms with Gasteiger partial charge in [-0.1, -0.05) is 12.1 Å². The Labute approximate surface area is 106 Å². The smallest absolute Gasteiger partial charge is 0.166 e. The number of ether oxygens (including phenoxy) is 1. The van der Waals surface area contributed by atoms with E-state index in [2.05, 4.69) is 0 Å². The number of methoxy groups -OCH3 is 1. The Morgan fingerprint density at radius 3 is 2.50 bits per heavy atom. The number of furan rings is 1. The molecule has 0 saturated heterocycles. The lowest BCUT2D eigenvalue weighted by Gasteiger charge is -2.03. The summed E-state index contributed by atoms with van der Waals surface area (Å²) in [6.07, 6.45) is 2.77. The van der Waals surface area contributed by atoms with Crippen molar-refractivity contribution in [2.75, 3.05) is 7.11 Å². The molecule has 18 heavy (non-hydrogen) atoms. The van der Waals surface area contributed by atoms with E-state index in [1.54, 1.807) is 26.4 Å². The van der Waals surface area contributed by atoms with Crippen molar-refractivity contribution in [2.24, 2.45) is 0 Å². The van der Waals surface area contributed by atoms with Crippen LogP contribution in [0.1, 0.15) is 28.1 Å². The van der Waals surface area contributed by atoms with Crippen LogP contribution in [0.2, 0.25) is 0 Å². The fraction of sp³-hybridized carbons (Fsp3) is 0.267. The first-order valence-corrected chi connectivity index (χ1v) is 5.91. The lowest BCUT2D eigenvalue weighted by atomic mass is 10.0. The largest absolute Gasteiger partial charge is 0.497 e. The van der Waals surface area contributed by atoms with Crippen LogP contribution in [0, 0.1) is 6.92 Å². The van der Waals surface area contributed by atoms with Crippen molar-refractivity contribution >= 4 is 5.78 Å². The molecule has 1 heterocycles. The number of aryl methyl sites for hydroxylation is 2. The monoisotopic (exact) mass is 244 g/mol. The number of Topliss-reactive ketones (excluding diaryl/α,β-unsaturated/α-hetero) is 1. The fourth-order valence-electron chi connectivity index (χ4n) is 1.86. The van der Waals surface area contributed by atoms with Crippen LogP contribution in [0.5, 0.6) is 5.75 Å². The zero-order chi connectivity index (χ0) is 13.0. The normalized spacial score (nSPS) is 10.3. The first-order chi connectivity index (χ1) is 8.70. The summed E-state index contributed by atoms with van der Waals surface area (Å²) >= 11 is 0. The quantitative estimate of drug-likeness (QED) is 0.756. The minimum Gasteiger partial charge on any atom is -0.497 e. The zero-order valence-electron chi connectivity index (χ0n) is 10.6. The number of carbonyl (C=O) groups is 1. The lowest BCUT2D eigenvalue weighted by Crippen LogP contribution is -2.01. The van der Waals surface area contributed by atoms with Crippen LogP contribution in [0.15, 0.2) is 41.0 Å². The van der Waals surface area contributed by atoms with Gasteiger partial charge in [0.15, 0.2) is 5.78 Å². The van der Waals surface area contributed by atoms with Crippen LogP contribution in [0.25, 0.3) is 0 Å². The molecule has 2 aromatic rings. The molecular weight excluding hydrogens is 228 g/mol. The Balaban J connectivity index is 1.95. The van der Waals surface area contributed by atoms with Crippen LogP contribution in [-0.2, 0) is 6.42 Å².